The lowest BCUT2D eigenvalue weighted by molar-refractivity contribution is 0.0546. The maximum absolute atomic E-state index is 14.2. The topological polar surface area (TPSA) is 32.8 Å². The highest BCUT2D eigenvalue weighted by molar-refractivity contribution is 5.97. The predicted molar refractivity (Wildman–Crippen MR) is 103 cm³/mol. The van der Waals surface area contributed by atoms with Crippen LogP contribution in [0.4, 0.5) is 4.39 Å². The van der Waals surface area contributed by atoms with Gasteiger partial charge in [0.1, 0.15) is 17.1 Å². The molecule has 0 spiro atoms. The van der Waals surface area contributed by atoms with Crippen LogP contribution in [0.15, 0.2) is 42.5 Å². The van der Waals surface area contributed by atoms with E-state index < -0.39 is 5.82 Å². The van der Waals surface area contributed by atoms with E-state index in [-0.39, 0.29) is 11.5 Å². The average molecular weight is 368 g/mol. The Morgan fingerprint density at radius 3 is 2.52 bits per heavy atom. The fourth-order valence-corrected chi connectivity index (χ4v) is 4.32. The predicted octanol–water partition coefficient (Wildman–Crippen LogP) is 3.15. The van der Waals surface area contributed by atoms with Gasteiger partial charge >= 0.3 is 0 Å². The number of carbonyl (C=O) groups is 1. The highest BCUT2D eigenvalue weighted by Gasteiger charge is 2.30. The van der Waals surface area contributed by atoms with Crippen molar-refractivity contribution in [1.82, 2.24) is 9.80 Å². The minimum atomic E-state index is -0.523. The number of aryl methyl sites for hydroxylation is 1. The number of methoxy groups -OCH3 is 1. The molecule has 1 unspecified atom stereocenters. The van der Waals surface area contributed by atoms with Crippen LogP contribution in [0.5, 0.6) is 5.75 Å². The Hall–Kier alpha value is -2.40. The summed E-state index contributed by atoms with van der Waals surface area (Å²) in [6.07, 6.45) is 3.35. The van der Waals surface area contributed by atoms with Crippen molar-refractivity contribution >= 4 is 5.91 Å². The van der Waals surface area contributed by atoms with Crippen LogP contribution in [-0.2, 0) is 12.8 Å². The van der Waals surface area contributed by atoms with Gasteiger partial charge in [0.25, 0.3) is 5.91 Å². The van der Waals surface area contributed by atoms with Crippen molar-refractivity contribution in [3.63, 3.8) is 0 Å². The Morgan fingerprint density at radius 2 is 1.78 bits per heavy atom. The summed E-state index contributed by atoms with van der Waals surface area (Å²) in [5, 5.41) is 0. The van der Waals surface area contributed by atoms with Crippen LogP contribution in [0.1, 0.15) is 27.9 Å². The van der Waals surface area contributed by atoms with Crippen molar-refractivity contribution < 1.29 is 13.9 Å². The Bertz CT molecular complexity index is 831. The Morgan fingerprint density at radius 1 is 1.04 bits per heavy atom. The number of hydrogen-bond acceptors (Lipinski definition) is 3. The molecular weight excluding hydrogens is 343 g/mol. The summed E-state index contributed by atoms with van der Waals surface area (Å²) in [5.41, 5.74) is 2.96. The first kappa shape index (κ1) is 18.0. The smallest absolute Gasteiger partial charge is 0.260 e. The molecule has 0 aromatic heterocycles. The van der Waals surface area contributed by atoms with Crippen LogP contribution in [0.2, 0.25) is 0 Å². The first-order valence-corrected chi connectivity index (χ1v) is 9.60. The van der Waals surface area contributed by atoms with E-state index in [2.05, 4.69) is 29.2 Å². The highest BCUT2D eigenvalue weighted by atomic mass is 19.1. The zero-order valence-electron chi connectivity index (χ0n) is 15.7. The number of carbonyl (C=O) groups excluding carboxylic acids is 1. The number of halogens is 1. The normalized spacial score (nSPS) is 20.2. The molecule has 142 valence electrons. The quantitative estimate of drug-likeness (QED) is 0.834. The molecule has 0 bridgehead atoms. The molecule has 2 aromatic carbocycles. The number of rotatable bonds is 3. The SMILES string of the molecule is COc1cccc(F)c1C(=O)N1CCN(C2CCc3ccccc3C2)CC1. The molecule has 1 fully saturated rings. The zero-order chi connectivity index (χ0) is 18.8. The molecule has 4 nitrogen and oxygen atoms in total. The molecular formula is C22H25FN2O2. The lowest BCUT2D eigenvalue weighted by atomic mass is 9.87. The summed E-state index contributed by atoms with van der Waals surface area (Å²) >= 11 is 0. The van der Waals surface area contributed by atoms with E-state index in [0.29, 0.717) is 24.9 Å². The first-order chi connectivity index (χ1) is 13.2. The molecule has 27 heavy (non-hydrogen) atoms. The summed E-state index contributed by atoms with van der Waals surface area (Å²) in [5.74, 6) is -0.504. The molecule has 1 amide bonds. The number of nitrogens with zero attached hydrogens (tertiary/aromatic N) is 2. The summed E-state index contributed by atoms with van der Waals surface area (Å²) in [6, 6.07) is 13.7. The van der Waals surface area contributed by atoms with E-state index in [0.717, 1.165) is 32.4 Å². The van der Waals surface area contributed by atoms with E-state index in [1.807, 2.05) is 0 Å². The lowest BCUT2D eigenvalue weighted by Gasteiger charge is -2.41. The van der Waals surface area contributed by atoms with E-state index in [1.54, 1.807) is 17.0 Å². The number of piperazine rings is 1. The maximum Gasteiger partial charge on any atom is 0.260 e. The van der Waals surface area contributed by atoms with Crippen molar-refractivity contribution in [1.29, 1.82) is 0 Å². The van der Waals surface area contributed by atoms with Gasteiger partial charge in [-0.05, 0) is 42.5 Å². The lowest BCUT2D eigenvalue weighted by Crippen LogP contribution is -2.53. The number of benzene rings is 2. The second-order valence-electron chi connectivity index (χ2n) is 7.31. The number of hydrogen-bond donors (Lipinski definition) is 0. The Kier molecular flexibility index (Phi) is 5.12. The van der Waals surface area contributed by atoms with Crippen molar-refractivity contribution in [3.05, 3.63) is 65.0 Å². The molecule has 0 saturated carbocycles. The number of amides is 1. The zero-order valence-corrected chi connectivity index (χ0v) is 15.7. The molecule has 1 atom stereocenters. The van der Waals surface area contributed by atoms with Gasteiger partial charge in [0.2, 0.25) is 0 Å². The van der Waals surface area contributed by atoms with Gasteiger partial charge in [-0.1, -0.05) is 30.3 Å². The summed E-state index contributed by atoms with van der Waals surface area (Å²) in [7, 11) is 1.46. The minimum absolute atomic E-state index is 0.0417. The molecule has 1 saturated heterocycles. The Labute approximate surface area is 159 Å². The van der Waals surface area contributed by atoms with Crippen molar-refractivity contribution in [2.45, 2.75) is 25.3 Å². The second kappa shape index (κ2) is 7.69. The van der Waals surface area contributed by atoms with Crippen LogP contribution in [0.25, 0.3) is 0 Å². The van der Waals surface area contributed by atoms with Crippen molar-refractivity contribution in [2.24, 2.45) is 0 Å². The molecule has 1 heterocycles. The molecule has 0 N–H and O–H groups in total. The fourth-order valence-electron chi connectivity index (χ4n) is 4.32. The van der Waals surface area contributed by atoms with Crippen LogP contribution in [0, 0.1) is 5.82 Å². The van der Waals surface area contributed by atoms with Gasteiger partial charge in [-0.25, -0.2) is 4.39 Å². The Balaban J connectivity index is 1.40. The molecule has 5 heteroatoms. The van der Waals surface area contributed by atoms with Crippen molar-refractivity contribution in [3.8, 4) is 5.75 Å². The van der Waals surface area contributed by atoms with Crippen LogP contribution in [0.3, 0.4) is 0 Å². The summed E-state index contributed by atoms with van der Waals surface area (Å²) < 4.78 is 19.4. The standard InChI is InChI=1S/C22H25FN2O2/c1-27-20-8-4-7-19(23)21(20)22(26)25-13-11-24(12-14-25)18-10-9-16-5-2-3-6-17(16)15-18/h2-8,18H,9-15H2,1H3. The third-order valence-electron chi connectivity index (χ3n) is 5.85. The summed E-state index contributed by atoms with van der Waals surface area (Å²) in [6.45, 7) is 2.90. The molecule has 0 radical (unpaired) electrons. The summed E-state index contributed by atoms with van der Waals surface area (Å²) in [4.78, 5) is 17.1. The van der Waals surface area contributed by atoms with E-state index in [4.69, 9.17) is 4.74 Å². The monoisotopic (exact) mass is 368 g/mol. The van der Waals surface area contributed by atoms with Gasteiger partial charge in [0.15, 0.2) is 0 Å². The molecule has 1 aliphatic carbocycles. The van der Waals surface area contributed by atoms with Gasteiger partial charge < -0.3 is 9.64 Å². The minimum Gasteiger partial charge on any atom is -0.496 e. The van der Waals surface area contributed by atoms with E-state index in [9.17, 15) is 9.18 Å². The number of fused-ring (bicyclic) bond motifs is 1. The number of ether oxygens (including phenoxy) is 1. The maximum atomic E-state index is 14.2. The van der Waals surface area contributed by atoms with Crippen molar-refractivity contribution in [2.75, 3.05) is 33.3 Å². The van der Waals surface area contributed by atoms with Gasteiger partial charge in [-0.3, -0.25) is 9.69 Å². The third-order valence-corrected chi connectivity index (χ3v) is 5.85. The van der Waals surface area contributed by atoms with Gasteiger partial charge in [-0.15, -0.1) is 0 Å². The van der Waals surface area contributed by atoms with E-state index >= 15 is 0 Å². The molecule has 2 aromatic rings. The van der Waals surface area contributed by atoms with Crippen LogP contribution < -0.4 is 4.74 Å². The fraction of sp³-hybridized carbons (Fsp3) is 0.409. The van der Waals surface area contributed by atoms with E-state index in [1.165, 1.54) is 24.3 Å². The van der Waals surface area contributed by atoms with Crippen LogP contribution in [-0.4, -0.2) is 55.0 Å². The average Bonchev–Trinajstić information content (AvgIpc) is 2.73. The third kappa shape index (κ3) is 3.56. The molecule has 2 aliphatic rings. The molecule has 1 aliphatic heterocycles. The molecule has 4 rings (SSSR count). The van der Waals surface area contributed by atoms with Gasteiger partial charge in [0, 0.05) is 32.2 Å². The largest absolute Gasteiger partial charge is 0.496 e. The highest BCUT2D eigenvalue weighted by Crippen LogP contribution is 2.27. The second-order valence-corrected chi connectivity index (χ2v) is 7.31. The first-order valence-electron chi connectivity index (χ1n) is 9.60. The van der Waals surface area contributed by atoms with Crippen LogP contribution >= 0.6 is 0 Å². The van der Waals surface area contributed by atoms with Gasteiger partial charge in [0.05, 0.1) is 7.11 Å². The van der Waals surface area contributed by atoms with Gasteiger partial charge in [-0.2, -0.15) is 0 Å².